The highest BCUT2D eigenvalue weighted by molar-refractivity contribution is 6.02. The van der Waals surface area contributed by atoms with Gasteiger partial charge in [-0.1, -0.05) is 30.3 Å². The Labute approximate surface area is 137 Å². The Morgan fingerprint density at radius 2 is 1.92 bits per heavy atom. The molecule has 0 amide bonds. The summed E-state index contributed by atoms with van der Waals surface area (Å²) in [6.45, 7) is 2.06. The van der Waals surface area contributed by atoms with Crippen molar-refractivity contribution in [1.29, 1.82) is 0 Å². The van der Waals surface area contributed by atoms with E-state index in [2.05, 4.69) is 4.98 Å². The van der Waals surface area contributed by atoms with Gasteiger partial charge in [0, 0.05) is 13.2 Å². The van der Waals surface area contributed by atoms with Crippen molar-refractivity contribution >= 4 is 17.0 Å². The summed E-state index contributed by atoms with van der Waals surface area (Å²) in [5.41, 5.74) is 0.465. The van der Waals surface area contributed by atoms with Crippen molar-refractivity contribution in [3.05, 3.63) is 68.5 Å². The molecule has 24 heavy (non-hydrogen) atoms. The van der Waals surface area contributed by atoms with Gasteiger partial charge in [-0.2, -0.15) is 0 Å². The van der Waals surface area contributed by atoms with Crippen LogP contribution in [0.3, 0.4) is 0 Å². The van der Waals surface area contributed by atoms with E-state index in [1.165, 1.54) is 10.8 Å². The Balaban J connectivity index is 2.18. The number of esters is 1. The zero-order chi connectivity index (χ0) is 17.3. The van der Waals surface area contributed by atoms with Crippen LogP contribution in [0, 0.1) is 0 Å². The minimum atomic E-state index is -0.570. The van der Waals surface area contributed by atoms with Crippen LogP contribution >= 0.6 is 0 Å². The first-order chi connectivity index (χ1) is 11.5. The van der Waals surface area contributed by atoms with E-state index in [4.69, 9.17) is 4.74 Å². The fraction of sp³-hybridized carbons (Fsp3) is 0.235. The number of H-pyrrole nitrogens is 1. The number of nitrogens with one attached hydrogen (secondary N) is 1. The number of benzene rings is 1. The monoisotopic (exact) mass is 327 g/mol. The number of ether oxygens (including phenoxy) is 1. The van der Waals surface area contributed by atoms with E-state index in [-0.39, 0.29) is 29.7 Å². The third-order valence-electron chi connectivity index (χ3n) is 3.79. The van der Waals surface area contributed by atoms with Crippen LogP contribution in [-0.2, 0) is 18.3 Å². The minimum Gasteiger partial charge on any atom is -0.462 e. The van der Waals surface area contributed by atoms with Crippen molar-refractivity contribution < 1.29 is 9.53 Å². The Kier molecular flexibility index (Phi) is 4.07. The first-order valence-electron chi connectivity index (χ1n) is 7.56. The first kappa shape index (κ1) is 15.8. The molecule has 3 rings (SSSR count). The number of carbonyl (C=O) groups is 1. The van der Waals surface area contributed by atoms with E-state index in [0.717, 1.165) is 10.1 Å². The molecule has 0 radical (unpaired) electrons. The second-order valence-corrected chi connectivity index (χ2v) is 5.40. The molecule has 0 saturated carbocycles. The van der Waals surface area contributed by atoms with Gasteiger partial charge in [0.1, 0.15) is 11.1 Å². The van der Waals surface area contributed by atoms with Crippen LogP contribution in [0.1, 0.15) is 22.8 Å². The van der Waals surface area contributed by atoms with Gasteiger partial charge in [-0.15, -0.1) is 0 Å². The van der Waals surface area contributed by atoms with Gasteiger partial charge in [-0.05, 0) is 12.5 Å². The van der Waals surface area contributed by atoms with Crippen molar-refractivity contribution in [2.24, 2.45) is 7.05 Å². The van der Waals surface area contributed by atoms with Crippen molar-refractivity contribution in [1.82, 2.24) is 14.1 Å². The van der Waals surface area contributed by atoms with Crippen molar-refractivity contribution in [3.8, 4) is 0 Å². The molecule has 7 heteroatoms. The minimum absolute atomic E-state index is 0.158. The molecule has 0 atom stereocenters. The normalized spacial score (nSPS) is 10.9. The highest BCUT2D eigenvalue weighted by Gasteiger charge is 2.20. The van der Waals surface area contributed by atoms with Crippen LogP contribution in [0.5, 0.6) is 0 Å². The average Bonchev–Trinajstić information content (AvgIpc) is 2.89. The Morgan fingerprint density at radius 3 is 2.58 bits per heavy atom. The van der Waals surface area contributed by atoms with Crippen molar-refractivity contribution in [2.45, 2.75) is 13.5 Å². The number of carbonyl (C=O) groups excluding carboxylic acids is 1. The summed E-state index contributed by atoms with van der Waals surface area (Å²) >= 11 is 0. The largest absolute Gasteiger partial charge is 0.462 e. The highest BCUT2D eigenvalue weighted by Crippen LogP contribution is 2.15. The van der Waals surface area contributed by atoms with Gasteiger partial charge in [0.25, 0.3) is 5.56 Å². The summed E-state index contributed by atoms with van der Waals surface area (Å²) in [6.07, 6.45) is 1.49. The lowest BCUT2D eigenvalue weighted by atomic mass is 10.2. The van der Waals surface area contributed by atoms with Gasteiger partial charge in [0.15, 0.2) is 0 Å². The molecule has 0 bridgehead atoms. The smallest absolute Gasteiger partial charge is 0.341 e. The molecule has 0 unspecified atom stereocenters. The Bertz CT molecular complexity index is 1010. The summed E-state index contributed by atoms with van der Waals surface area (Å²) in [6, 6.07) is 9.22. The molecule has 124 valence electrons. The third kappa shape index (κ3) is 2.64. The maximum absolute atomic E-state index is 12.7. The molecule has 2 heterocycles. The average molecular weight is 327 g/mol. The van der Waals surface area contributed by atoms with Gasteiger partial charge in [0.2, 0.25) is 0 Å². The zero-order valence-corrected chi connectivity index (χ0v) is 13.4. The number of fused-ring (bicyclic) bond motifs is 1. The van der Waals surface area contributed by atoms with Crippen molar-refractivity contribution in [2.75, 3.05) is 6.61 Å². The molecule has 3 aromatic rings. The Hall–Kier alpha value is -3.09. The standard InChI is InChI=1S/C17H17N3O4/c1-3-24-16(22)12-10-19(2)14-13(12)18-17(23)20(15(14)21)9-11-7-5-4-6-8-11/h4-8,10H,3,9H2,1-2H3,(H,18,23). The lowest BCUT2D eigenvalue weighted by Crippen LogP contribution is -2.36. The lowest BCUT2D eigenvalue weighted by Gasteiger charge is -2.06. The van der Waals surface area contributed by atoms with Crippen LogP contribution in [0.15, 0.2) is 46.1 Å². The quantitative estimate of drug-likeness (QED) is 0.731. The SMILES string of the molecule is CCOC(=O)c1cn(C)c2c(=O)n(Cc3ccccc3)c(=O)[nH]c12. The fourth-order valence-electron chi connectivity index (χ4n) is 2.68. The molecular formula is C17H17N3O4. The first-order valence-corrected chi connectivity index (χ1v) is 7.56. The van der Waals surface area contributed by atoms with Gasteiger partial charge < -0.3 is 14.3 Å². The second-order valence-electron chi connectivity index (χ2n) is 5.40. The summed E-state index contributed by atoms with van der Waals surface area (Å²) in [5, 5.41) is 0. The number of aromatic amines is 1. The number of aromatic nitrogens is 3. The number of hydrogen-bond donors (Lipinski definition) is 1. The molecule has 0 saturated heterocycles. The van der Waals surface area contributed by atoms with Gasteiger partial charge in [0.05, 0.1) is 18.7 Å². The molecule has 0 fully saturated rings. The topological polar surface area (TPSA) is 86.1 Å². The number of nitrogens with zero attached hydrogens (tertiary/aromatic N) is 2. The molecule has 7 nitrogen and oxygen atoms in total. The van der Waals surface area contributed by atoms with E-state index in [0.29, 0.717) is 0 Å². The van der Waals surface area contributed by atoms with Crippen LogP contribution < -0.4 is 11.2 Å². The summed E-state index contributed by atoms with van der Waals surface area (Å²) in [4.78, 5) is 39.7. The lowest BCUT2D eigenvalue weighted by molar-refractivity contribution is 0.0528. The number of aryl methyl sites for hydroxylation is 1. The predicted molar refractivity (Wildman–Crippen MR) is 89.3 cm³/mol. The molecule has 2 aromatic heterocycles. The van der Waals surface area contributed by atoms with E-state index in [9.17, 15) is 14.4 Å². The highest BCUT2D eigenvalue weighted by atomic mass is 16.5. The third-order valence-corrected chi connectivity index (χ3v) is 3.79. The molecule has 1 N–H and O–H groups in total. The van der Waals surface area contributed by atoms with E-state index in [1.54, 1.807) is 14.0 Å². The predicted octanol–water partition coefficient (Wildman–Crippen LogP) is 1.25. The summed E-state index contributed by atoms with van der Waals surface area (Å²) < 4.78 is 7.62. The maximum atomic E-state index is 12.7. The molecule has 1 aromatic carbocycles. The van der Waals surface area contributed by atoms with Crippen LogP contribution in [0.4, 0.5) is 0 Å². The van der Waals surface area contributed by atoms with Crippen molar-refractivity contribution in [3.63, 3.8) is 0 Å². The zero-order valence-electron chi connectivity index (χ0n) is 13.4. The van der Waals surface area contributed by atoms with E-state index >= 15 is 0 Å². The molecular weight excluding hydrogens is 310 g/mol. The Morgan fingerprint density at radius 1 is 1.21 bits per heavy atom. The van der Waals surface area contributed by atoms with Gasteiger partial charge in [-0.25, -0.2) is 9.59 Å². The van der Waals surface area contributed by atoms with Gasteiger partial charge >= 0.3 is 11.7 Å². The van der Waals surface area contributed by atoms with Crippen LogP contribution in [0.2, 0.25) is 0 Å². The van der Waals surface area contributed by atoms with E-state index < -0.39 is 17.2 Å². The van der Waals surface area contributed by atoms with Crippen LogP contribution in [0.25, 0.3) is 11.0 Å². The molecule has 0 aliphatic carbocycles. The van der Waals surface area contributed by atoms with Gasteiger partial charge in [-0.3, -0.25) is 9.36 Å². The second kappa shape index (κ2) is 6.19. The summed E-state index contributed by atoms with van der Waals surface area (Å²) in [7, 11) is 1.65. The van der Waals surface area contributed by atoms with Crippen LogP contribution in [-0.4, -0.2) is 26.7 Å². The maximum Gasteiger partial charge on any atom is 0.341 e. The molecule has 0 aliphatic heterocycles. The number of rotatable bonds is 4. The molecule has 0 spiro atoms. The number of hydrogen-bond acceptors (Lipinski definition) is 4. The fourth-order valence-corrected chi connectivity index (χ4v) is 2.68. The summed E-state index contributed by atoms with van der Waals surface area (Å²) in [5.74, 6) is -0.570. The molecule has 0 aliphatic rings. The van der Waals surface area contributed by atoms with E-state index in [1.807, 2.05) is 30.3 Å².